The van der Waals surface area contributed by atoms with E-state index in [1.54, 1.807) is 0 Å². The van der Waals surface area contributed by atoms with Crippen molar-refractivity contribution in [2.45, 2.75) is 18.9 Å². The third-order valence-corrected chi connectivity index (χ3v) is 3.17. The van der Waals surface area contributed by atoms with Gasteiger partial charge in [0.05, 0.1) is 0 Å². The number of nitrogens with zero attached hydrogens (tertiary/aromatic N) is 1. The largest absolute Gasteiger partial charge is 0.329 e. The second-order valence-corrected chi connectivity index (χ2v) is 3.84. The third kappa shape index (κ3) is 0.789. The van der Waals surface area contributed by atoms with Gasteiger partial charge in [0.1, 0.15) is 0 Å². The number of hydrogen-bond acceptors (Lipinski definition) is 2. The maximum atomic E-state index is 5.67. The van der Waals surface area contributed by atoms with Gasteiger partial charge in [-0.15, -0.1) is 0 Å². The minimum Gasteiger partial charge on any atom is -0.329 e. The van der Waals surface area contributed by atoms with Crippen molar-refractivity contribution in [1.82, 2.24) is 4.90 Å². The lowest BCUT2D eigenvalue weighted by molar-refractivity contribution is -0.0101. The summed E-state index contributed by atoms with van der Waals surface area (Å²) in [6.07, 6.45) is 2.90. The van der Waals surface area contributed by atoms with E-state index < -0.39 is 0 Å². The Balaban J connectivity index is 2.01. The highest BCUT2D eigenvalue weighted by molar-refractivity contribution is 4.95. The lowest BCUT2D eigenvalue weighted by Gasteiger charge is -2.51. The third-order valence-electron chi connectivity index (χ3n) is 3.17. The fourth-order valence-corrected chi connectivity index (χ4v) is 2.53. The molecule has 58 valence electrons. The van der Waals surface area contributed by atoms with E-state index in [2.05, 4.69) is 11.9 Å². The molecule has 0 aromatic carbocycles. The van der Waals surface area contributed by atoms with Crippen LogP contribution in [0.1, 0.15) is 12.8 Å². The van der Waals surface area contributed by atoms with Crippen LogP contribution in [-0.2, 0) is 0 Å². The first-order chi connectivity index (χ1) is 4.81. The van der Waals surface area contributed by atoms with E-state index in [9.17, 15) is 0 Å². The van der Waals surface area contributed by atoms with Crippen LogP contribution < -0.4 is 5.73 Å². The number of rotatable bonds is 1. The molecule has 2 bridgehead atoms. The summed E-state index contributed by atoms with van der Waals surface area (Å²) in [6, 6.07) is 0.699. The van der Waals surface area contributed by atoms with Crippen molar-refractivity contribution >= 4 is 0 Å². The Morgan fingerprint density at radius 1 is 1.50 bits per heavy atom. The van der Waals surface area contributed by atoms with Gasteiger partial charge in [-0.3, -0.25) is 0 Å². The van der Waals surface area contributed by atoms with E-state index in [0.717, 1.165) is 18.4 Å². The summed E-state index contributed by atoms with van der Waals surface area (Å²) < 4.78 is 0. The molecule has 2 saturated heterocycles. The molecule has 3 aliphatic rings. The highest BCUT2D eigenvalue weighted by atomic mass is 15.2. The summed E-state index contributed by atoms with van der Waals surface area (Å²) >= 11 is 0. The van der Waals surface area contributed by atoms with Gasteiger partial charge in [-0.05, 0) is 31.7 Å². The minimum absolute atomic E-state index is 0.699. The van der Waals surface area contributed by atoms with Gasteiger partial charge in [-0.25, -0.2) is 0 Å². The summed E-state index contributed by atoms with van der Waals surface area (Å²) in [7, 11) is 2.20. The first kappa shape index (κ1) is 6.62. The number of nitrogens with two attached hydrogens (primary N) is 1. The average molecular weight is 140 g/mol. The van der Waals surface area contributed by atoms with Gasteiger partial charge < -0.3 is 10.6 Å². The molecule has 0 aromatic rings. The molecule has 2 heteroatoms. The Bertz CT molecular complexity index is 127. The van der Waals surface area contributed by atoms with Crippen molar-refractivity contribution in [3.8, 4) is 0 Å². The van der Waals surface area contributed by atoms with E-state index in [4.69, 9.17) is 5.73 Å². The number of piperidine rings is 2. The van der Waals surface area contributed by atoms with Crippen molar-refractivity contribution in [2.75, 3.05) is 20.1 Å². The molecular weight excluding hydrogens is 124 g/mol. The Labute approximate surface area is 62.4 Å². The highest BCUT2D eigenvalue weighted by Crippen LogP contribution is 2.42. The monoisotopic (exact) mass is 140 g/mol. The SMILES string of the molecule is CN1CC2CC(C2)C1CN. The molecule has 1 saturated carbocycles. The zero-order valence-electron chi connectivity index (χ0n) is 6.59. The van der Waals surface area contributed by atoms with Crippen LogP contribution in [0, 0.1) is 11.8 Å². The molecule has 0 radical (unpaired) electrons. The van der Waals surface area contributed by atoms with E-state index in [1.165, 1.54) is 19.4 Å². The van der Waals surface area contributed by atoms with Gasteiger partial charge in [-0.2, -0.15) is 0 Å². The van der Waals surface area contributed by atoms with Crippen LogP contribution >= 0.6 is 0 Å². The summed E-state index contributed by atoms with van der Waals surface area (Å²) in [5.41, 5.74) is 5.67. The van der Waals surface area contributed by atoms with Gasteiger partial charge in [0.25, 0.3) is 0 Å². The molecule has 3 rings (SSSR count). The van der Waals surface area contributed by atoms with Gasteiger partial charge >= 0.3 is 0 Å². The minimum atomic E-state index is 0.699. The predicted octanol–water partition coefficient (Wildman–Crippen LogP) is 0.285. The van der Waals surface area contributed by atoms with E-state index in [0.29, 0.717) is 6.04 Å². The van der Waals surface area contributed by atoms with Crippen molar-refractivity contribution in [2.24, 2.45) is 17.6 Å². The highest BCUT2D eigenvalue weighted by Gasteiger charge is 2.41. The molecule has 3 fully saturated rings. The average Bonchev–Trinajstić information content (AvgIpc) is 1.85. The van der Waals surface area contributed by atoms with Crippen LogP contribution in [0.5, 0.6) is 0 Å². The Morgan fingerprint density at radius 2 is 2.20 bits per heavy atom. The van der Waals surface area contributed by atoms with E-state index in [-0.39, 0.29) is 0 Å². The quantitative estimate of drug-likeness (QED) is 0.567. The molecule has 2 N–H and O–H groups in total. The molecule has 1 atom stereocenters. The zero-order chi connectivity index (χ0) is 7.14. The molecule has 2 nitrogen and oxygen atoms in total. The predicted molar refractivity (Wildman–Crippen MR) is 41.7 cm³/mol. The van der Waals surface area contributed by atoms with Gasteiger partial charge in [-0.1, -0.05) is 0 Å². The van der Waals surface area contributed by atoms with Crippen LogP contribution in [0.2, 0.25) is 0 Å². The maximum absolute atomic E-state index is 5.67. The molecule has 0 amide bonds. The molecule has 1 unspecified atom stereocenters. The van der Waals surface area contributed by atoms with Crippen LogP contribution in [0.15, 0.2) is 0 Å². The lowest BCUT2D eigenvalue weighted by Crippen LogP contribution is -2.56. The molecular formula is C8H16N2. The van der Waals surface area contributed by atoms with E-state index in [1.807, 2.05) is 0 Å². The second kappa shape index (κ2) is 2.21. The first-order valence-corrected chi connectivity index (χ1v) is 4.21. The van der Waals surface area contributed by atoms with Crippen molar-refractivity contribution in [3.63, 3.8) is 0 Å². The normalized spacial score (nSPS) is 46.8. The van der Waals surface area contributed by atoms with Crippen molar-refractivity contribution in [3.05, 3.63) is 0 Å². The molecule has 10 heavy (non-hydrogen) atoms. The molecule has 2 heterocycles. The number of likely N-dealkylation sites (N-methyl/N-ethyl adjacent to an activating group) is 1. The summed E-state index contributed by atoms with van der Waals surface area (Å²) in [5, 5.41) is 0. The molecule has 0 spiro atoms. The summed E-state index contributed by atoms with van der Waals surface area (Å²) in [4.78, 5) is 2.43. The number of fused-ring (bicyclic) bond motifs is 2. The summed E-state index contributed by atoms with van der Waals surface area (Å²) in [5.74, 6) is 1.95. The topological polar surface area (TPSA) is 29.3 Å². The molecule has 1 aliphatic carbocycles. The number of hydrogen-bond donors (Lipinski definition) is 1. The maximum Gasteiger partial charge on any atom is 0.0243 e. The van der Waals surface area contributed by atoms with Gasteiger partial charge in [0, 0.05) is 19.1 Å². The first-order valence-electron chi connectivity index (χ1n) is 4.21. The van der Waals surface area contributed by atoms with E-state index >= 15 is 0 Å². The van der Waals surface area contributed by atoms with Gasteiger partial charge in [0.15, 0.2) is 0 Å². The lowest BCUT2D eigenvalue weighted by atomic mass is 9.67. The van der Waals surface area contributed by atoms with Crippen LogP contribution in [0.3, 0.4) is 0 Å². The Hall–Kier alpha value is -0.0800. The van der Waals surface area contributed by atoms with Crippen LogP contribution in [0.25, 0.3) is 0 Å². The van der Waals surface area contributed by atoms with Crippen molar-refractivity contribution < 1.29 is 0 Å². The second-order valence-electron chi connectivity index (χ2n) is 3.84. The fraction of sp³-hybridized carbons (Fsp3) is 1.00. The van der Waals surface area contributed by atoms with Crippen molar-refractivity contribution in [1.29, 1.82) is 0 Å². The standard InChI is InChI=1S/C8H16N2/c1-10-5-6-2-7(3-6)8(10)4-9/h6-8H,2-5,9H2,1H3. The summed E-state index contributed by atoms with van der Waals surface area (Å²) in [6.45, 7) is 2.15. The van der Waals surface area contributed by atoms with Crippen LogP contribution in [-0.4, -0.2) is 31.1 Å². The smallest absolute Gasteiger partial charge is 0.0243 e. The molecule has 0 aromatic heterocycles. The van der Waals surface area contributed by atoms with Gasteiger partial charge in [0.2, 0.25) is 0 Å². The Morgan fingerprint density at radius 3 is 2.60 bits per heavy atom. The van der Waals surface area contributed by atoms with Crippen LogP contribution in [0.4, 0.5) is 0 Å². The fourth-order valence-electron chi connectivity index (χ4n) is 2.53. The Kier molecular flexibility index (Phi) is 1.46. The zero-order valence-corrected chi connectivity index (χ0v) is 6.59. The molecule has 2 aliphatic heterocycles.